The van der Waals surface area contributed by atoms with Crippen LogP contribution in [0.3, 0.4) is 0 Å². The minimum atomic E-state index is -0.439. The van der Waals surface area contributed by atoms with E-state index in [1.807, 2.05) is 43.3 Å². The topological polar surface area (TPSA) is 62.3 Å². The van der Waals surface area contributed by atoms with Gasteiger partial charge in [-0.05, 0) is 30.7 Å². The Morgan fingerprint density at radius 3 is 2.73 bits per heavy atom. The SMILES string of the molecule is CCN1C(=O)C[C@@H](C(=O)NCCc2ccccn2)[C@@H]1c1ccccc1Cl. The van der Waals surface area contributed by atoms with Crippen LogP contribution in [0.2, 0.25) is 5.02 Å². The Morgan fingerprint density at radius 2 is 2.04 bits per heavy atom. The minimum absolute atomic E-state index is 0.0118. The van der Waals surface area contributed by atoms with Gasteiger partial charge in [-0.3, -0.25) is 14.6 Å². The highest BCUT2D eigenvalue weighted by Crippen LogP contribution is 2.40. The van der Waals surface area contributed by atoms with E-state index in [-0.39, 0.29) is 24.3 Å². The molecule has 2 heterocycles. The van der Waals surface area contributed by atoms with Gasteiger partial charge in [-0.25, -0.2) is 0 Å². The standard InChI is InChI=1S/C20H22ClN3O2/c1-2-24-18(25)13-16(19(24)15-8-3-4-9-17(15)21)20(26)23-12-10-14-7-5-6-11-22-14/h3-9,11,16,19H,2,10,12-13H2,1H3,(H,23,26)/t16-,19+/m1/s1. The van der Waals surface area contributed by atoms with E-state index in [2.05, 4.69) is 10.3 Å². The number of nitrogens with zero attached hydrogens (tertiary/aromatic N) is 2. The lowest BCUT2D eigenvalue weighted by Gasteiger charge is -2.28. The quantitative estimate of drug-likeness (QED) is 0.849. The van der Waals surface area contributed by atoms with E-state index < -0.39 is 5.92 Å². The van der Waals surface area contributed by atoms with Crippen LogP contribution in [0.1, 0.15) is 30.6 Å². The fourth-order valence-corrected chi connectivity index (χ4v) is 3.74. The summed E-state index contributed by atoms with van der Waals surface area (Å²) in [6.45, 7) is 2.96. The lowest BCUT2D eigenvalue weighted by Crippen LogP contribution is -2.36. The molecule has 2 aromatic rings. The molecule has 0 radical (unpaired) electrons. The Hall–Kier alpha value is -2.40. The first-order chi connectivity index (χ1) is 12.6. The molecule has 2 atom stereocenters. The summed E-state index contributed by atoms with van der Waals surface area (Å²) in [6, 6.07) is 12.8. The van der Waals surface area contributed by atoms with Crippen LogP contribution < -0.4 is 5.32 Å². The third-order valence-corrected chi connectivity index (χ3v) is 5.08. The third-order valence-electron chi connectivity index (χ3n) is 4.74. The van der Waals surface area contributed by atoms with E-state index >= 15 is 0 Å². The number of pyridine rings is 1. The van der Waals surface area contributed by atoms with Crippen molar-refractivity contribution in [3.05, 3.63) is 64.9 Å². The Labute approximate surface area is 158 Å². The number of rotatable bonds is 6. The molecule has 0 saturated carbocycles. The summed E-state index contributed by atoms with van der Waals surface area (Å²) in [5.41, 5.74) is 1.75. The smallest absolute Gasteiger partial charge is 0.226 e. The molecule has 0 unspecified atom stereocenters. The number of amides is 2. The molecule has 0 aliphatic carbocycles. The van der Waals surface area contributed by atoms with Crippen molar-refractivity contribution in [2.45, 2.75) is 25.8 Å². The van der Waals surface area contributed by atoms with Crippen molar-refractivity contribution < 1.29 is 9.59 Å². The highest BCUT2D eigenvalue weighted by molar-refractivity contribution is 6.31. The number of aromatic nitrogens is 1. The van der Waals surface area contributed by atoms with Crippen LogP contribution >= 0.6 is 11.6 Å². The second kappa shape index (κ2) is 8.32. The predicted octanol–water partition coefficient (Wildman–Crippen LogP) is 3.00. The molecule has 6 heteroatoms. The normalized spacial score (nSPS) is 19.6. The zero-order valence-electron chi connectivity index (χ0n) is 14.7. The number of likely N-dealkylation sites (tertiary alicyclic amines) is 1. The first-order valence-electron chi connectivity index (χ1n) is 8.83. The van der Waals surface area contributed by atoms with Crippen LogP contribution in [0, 0.1) is 5.92 Å². The largest absolute Gasteiger partial charge is 0.355 e. The van der Waals surface area contributed by atoms with Crippen molar-refractivity contribution in [2.24, 2.45) is 5.92 Å². The molecular formula is C20H22ClN3O2. The van der Waals surface area contributed by atoms with Crippen LogP contribution in [0.4, 0.5) is 0 Å². The molecule has 26 heavy (non-hydrogen) atoms. The zero-order chi connectivity index (χ0) is 18.5. The fraction of sp³-hybridized carbons (Fsp3) is 0.350. The van der Waals surface area contributed by atoms with E-state index in [9.17, 15) is 9.59 Å². The summed E-state index contributed by atoms with van der Waals surface area (Å²) in [6.07, 6.45) is 2.60. The second-order valence-corrected chi connectivity index (χ2v) is 6.73. The molecule has 1 N–H and O–H groups in total. The Bertz CT molecular complexity index is 782. The van der Waals surface area contributed by atoms with Crippen molar-refractivity contribution in [3.63, 3.8) is 0 Å². The maximum atomic E-state index is 12.8. The van der Waals surface area contributed by atoms with Gasteiger partial charge in [0.2, 0.25) is 11.8 Å². The average molecular weight is 372 g/mol. The average Bonchev–Trinajstić information content (AvgIpc) is 2.99. The van der Waals surface area contributed by atoms with E-state index in [1.165, 1.54) is 0 Å². The number of carbonyl (C=O) groups is 2. The van der Waals surface area contributed by atoms with Gasteiger partial charge in [-0.2, -0.15) is 0 Å². The second-order valence-electron chi connectivity index (χ2n) is 6.32. The molecule has 1 fully saturated rings. The van der Waals surface area contributed by atoms with Gasteiger partial charge >= 0.3 is 0 Å². The number of benzene rings is 1. The molecule has 2 amide bonds. The van der Waals surface area contributed by atoms with Crippen LogP contribution in [0.25, 0.3) is 0 Å². The number of carbonyl (C=O) groups excluding carboxylic acids is 2. The van der Waals surface area contributed by atoms with Gasteiger partial charge in [0.1, 0.15) is 0 Å². The molecule has 1 aliphatic rings. The molecular weight excluding hydrogens is 350 g/mol. The molecule has 136 valence electrons. The molecule has 1 aliphatic heterocycles. The Morgan fingerprint density at radius 1 is 1.27 bits per heavy atom. The summed E-state index contributed by atoms with van der Waals surface area (Å²) in [4.78, 5) is 31.2. The first-order valence-corrected chi connectivity index (χ1v) is 9.21. The van der Waals surface area contributed by atoms with Crippen LogP contribution in [-0.2, 0) is 16.0 Å². The summed E-state index contributed by atoms with van der Waals surface area (Å²) in [7, 11) is 0. The monoisotopic (exact) mass is 371 g/mol. The van der Waals surface area contributed by atoms with E-state index in [0.717, 1.165) is 11.3 Å². The zero-order valence-corrected chi connectivity index (χ0v) is 15.4. The Balaban J connectivity index is 1.73. The molecule has 3 rings (SSSR count). The summed E-state index contributed by atoms with van der Waals surface area (Å²) < 4.78 is 0. The van der Waals surface area contributed by atoms with Gasteiger partial charge in [-0.15, -0.1) is 0 Å². The maximum absolute atomic E-state index is 12.8. The van der Waals surface area contributed by atoms with Crippen LogP contribution in [-0.4, -0.2) is 34.8 Å². The molecule has 1 aromatic carbocycles. The van der Waals surface area contributed by atoms with Gasteiger partial charge in [0.05, 0.1) is 12.0 Å². The van der Waals surface area contributed by atoms with E-state index in [1.54, 1.807) is 17.2 Å². The van der Waals surface area contributed by atoms with Crippen molar-refractivity contribution in [1.82, 2.24) is 15.2 Å². The van der Waals surface area contributed by atoms with Crippen molar-refractivity contribution in [3.8, 4) is 0 Å². The summed E-state index contributed by atoms with van der Waals surface area (Å²) >= 11 is 6.35. The minimum Gasteiger partial charge on any atom is -0.355 e. The number of halogens is 1. The molecule has 0 bridgehead atoms. The van der Waals surface area contributed by atoms with Crippen LogP contribution in [0.15, 0.2) is 48.7 Å². The summed E-state index contributed by atoms with van der Waals surface area (Å²) in [5.74, 6) is -0.566. The lowest BCUT2D eigenvalue weighted by molar-refractivity contribution is -0.129. The molecule has 0 spiro atoms. The van der Waals surface area contributed by atoms with Crippen molar-refractivity contribution in [2.75, 3.05) is 13.1 Å². The van der Waals surface area contributed by atoms with Gasteiger partial charge in [0.25, 0.3) is 0 Å². The molecule has 5 nitrogen and oxygen atoms in total. The van der Waals surface area contributed by atoms with Crippen LogP contribution in [0.5, 0.6) is 0 Å². The maximum Gasteiger partial charge on any atom is 0.226 e. The third kappa shape index (κ3) is 3.88. The predicted molar refractivity (Wildman–Crippen MR) is 101 cm³/mol. The number of hydrogen-bond acceptors (Lipinski definition) is 3. The van der Waals surface area contributed by atoms with Crippen molar-refractivity contribution in [1.29, 1.82) is 0 Å². The first kappa shape index (κ1) is 18.4. The molecule has 1 aromatic heterocycles. The van der Waals surface area contributed by atoms with Gasteiger partial charge < -0.3 is 10.2 Å². The van der Waals surface area contributed by atoms with Gasteiger partial charge in [-0.1, -0.05) is 35.9 Å². The highest BCUT2D eigenvalue weighted by atomic mass is 35.5. The number of nitrogens with one attached hydrogen (secondary N) is 1. The lowest BCUT2D eigenvalue weighted by atomic mass is 9.92. The van der Waals surface area contributed by atoms with E-state index in [0.29, 0.717) is 24.5 Å². The Kier molecular flexibility index (Phi) is 5.89. The van der Waals surface area contributed by atoms with Crippen molar-refractivity contribution >= 4 is 23.4 Å². The number of hydrogen-bond donors (Lipinski definition) is 1. The molecule has 1 saturated heterocycles. The van der Waals surface area contributed by atoms with E-state index in [4.69, 9.17) is 11.6 Å². The summed E-state index contributed by atoms with van der Waals surface area (Å²) in [5, 5.41) is 3.54. The van der Waals surface area contributed by atoms with Gasteiger partial charge in [0, 0.05) is 42.8 Å². The fourth-order valence-electron chi connectivity index (χ4n) is 3.49. The highest BCUT2D eigenvalue weighted by Gasteiger charge is 2.44. The van der Waals surface area contributed by atoms with Gasteiger partial charge in [0.15, 0.2) is 0 Å².